The first-order chi connectivity index (χ1) is 15.3. The summed E-state index contributed by atoms with van der Waals surface area (Å²) in [5, 5.41) is 0. The number of allylic oxidation sites excluding steroid dienone is 2. The second-order valence-corrected chi connectivity index (χ2v) is 12.3. The number of Topliss-reactive ketones (excluding diaryl/α,β-unsaturated/α-hetero) is 1. The van der Waals surface area contributed by atoms with Crippen molar-refractivity contribution in [1.82, 2.24) is 0 Å². The van der Waals surface area contributed by atoms with Gasteiger partial charge in [0.25, 0.3) is 0 Å². The van der Waals surface area contributed by atoms with Gasteiger partial charge in [-0.1, -0.05) is 101 Å². The molecule has 1 fully saturated rings. The quantitative estimate of drug-likeness (QED) is 0.481. The molecule has 0 amide bonds. The fraction of sp³-hybridized carbons (Fsp3) is 0.452. The van der Waals surface area contributed by atoms with Gasteiger partial charge in [0.05, 0.1) is 5.57 Å². The van der Waals surface area contributed by atoms with Gasteiger partial charge in [-0.3, -0.25) is 4.79 Å². The van der Waals surface area contributed by atoms with Crippen LogP contribution in [0.25, 0.3) is 0 Å². The van der Waals surface area contributed by atoms with E-state index in [-0.39, 0.29) is 22.0 Å². The number of ether oxygens (including phenoxy) is 1. The Labute approximate surface area is 198 Å². The molecule has 0 aromatic heterocycles. The third kappa shape index (κ3) is 3.02. The highest BCUT2D eigenvalue weighted by atomic mass is 16.5. The minimum atomic E-state index is -0.803. The lowest BCUT2D eigenvalue weighted by Crippen LogP contribution is -2.31. The highest BCUT2D eigenvalue weighted by Gasteiger charge is 2.66. The number of hydrogen-bond acceptors (Lipinski definition) is 2. The average molecular weight is 441 g/mol. The normalized spacial score (nSPS) is 23.9. The van der Waals surface area contributed by atoms with E-state index in [4.69, 9.17) is 4.74 Å². The van der Waals surface area contributed by atoms with E-state index < -0.39 is 5.60 Å². The first kappa shape index (κ1) is 22.2. The Hall–Kier alpha value is -2.61. The first-order valence-electron chi connectivity index (χ1n) is 12.2. The van der Waals surface area contributed by atoms with Gasteiger partial charge in [-0.05, 0) is 35.7 Å². The summed E-state index contributed by atoms with van der Waals surface area (Å²) < 4.78 is 7.11. The van der Waals surface area contributed by atoms with Gasteiger partial charge in [0.1, 0.15) is 5.76 Å². The molecule has 2 aliphatic carbocycles. The van der Waals surface area contributed by atoms with Crippen LogP contribution >= 0.6 is 0 Å². The molecule has 1 saturated carbocycles. The Morgan fingerprint density at radius 3 is 1.58 bits per heavy atom. The zero-order valence-corrected chi connectivity index (χ0v) is 21.3. The third-order valence-corrected chi connectivity index (χ3v) is 8.63. The summed E-state index contributed by atoms with van der Waals surface area (Å²) in [4.78, 5) is 13.7. The molecule has 5 rings (SSSR count). The van der Waals surface area contributed by atoms with E-state index in [2.05, 4.69) is 104 Å². The maximum Gasteiger partial charge on any atom is 0.184 e. The molecule has 3 aliphatic rings. The minimum absolute atomic E-state index is 0.00202. The van der Waals surface area contributed by atoms with Crippen LogP contribution in [0, 0.1) is 30.1 Å². The van der Waals surface area contributed by atoms with Crippen molar-refractivity contribution in [3.05, 3.63) is 93.3 Å². The Balaban J connectivity index is 1.88. The Morgan fingerprint density at radius 2 is 1.15 bits per heavy atom. The lowest BCUT2D eigenvalue weighted by atomic mass is 9.71. The maximum atomic E-state index is 13.7. The van der Waals surface area contributed by atoms with Crippen LogP contribution in [0.4, 0.5) is 0 Å². The van der Waals surface area contributed by atoms with Crippen molar-refractivity contribution in [3.63, 3.8) is 0 Å². The molecule has 1 heterocycles. The van der Waals surface area contributed by atoms with E-state index in [1.165, 1.54) is 16.7 Å². The molecule has 2 aromatic rings. The second-order valence-electron chi connectivity index (χ2n) is 12.3. The van der Waals surface area contributed by atoms with Gasteiger partial charge in [-0.2, -0.15) is 0 Å². The SMILES string of the molecule is Cc1ccc(C2(c3ccc(C)cc3)OC3=C(C(=O)CC(C)(C)C3)C2=C2C(C)(C)C2(C)C)cc1. The summed E-state index contributed by atoms with van der Waals surface area (Å²) in [6.07, 6.45) is 1.34. The van der Waals surface area contributed by atoms with Gasteiger partial charge < -0.3 is 4.74 Å². The standard InChI is InChI=1S/C31H36O2/c1-19-9-13-21(14-10-19)31(22-15-11-20(2)12-16-22)26(27-29(5,6)30(27,7)8)25-23(32)17-28(3,4)18-24(25)33-31/h9-16H,17-18H2,1-8H3. The molecule has 0 unspecified atom stereocenters. The average Bonchev–Trinajstić information content (AvgIpc) is 2.96. The molecule has 33 heavy (non-hydrogen) atoms. The number of carbonyl (C=O) groups is 1. The molecule has 1 aliphatic heterocycles. The molecule has 0 N–H and O–H groups in total. The highest BCUT2D eigenvalue weighted by molar-refractivity contribution is 6.04. The topological polar surface area (TPSA) is 26.3 Å². The van der Waals surface area contributed by atoms with Crippen LogP contribution in [0.15, 0.2) is 71.0 Å². The molecule has 0 bridgehead atoms. The van der Waals surface area contributed by atoms with Crippen LogP contribution in [-0.2, 0) is 15.1 Å². The van der Waals surface area contributed by atoms with E-state index >= 15 is 0 Å². The van der Waals surface area contributed by atoms with Crippen LogP contribution in [0.5, 0.6) is 0 Å². The van der Waals surface area contributed by atoms with Gasteiger partial charge >= 0.3 is 0 Å². The van der Waals surface area contributed by atoms with Crippen LogP contribution in [-0.4, -0.2) is 5.78 Å². The van der Waals surface area contributed by atoms with E-state index in [1.54, 1.807) is 0 Å². The van der Waals surface area contributed by atoms with Gasteiger partial charge in [0.2, 0.25) is 0 Å². The van der Waals surface area contributed by atoms with Crippen molar-refractivity contribution in [2.24, 2.45) is 16.2 Å². The molecule has 0 atom stereocenters. The maximum absolute atomic E-state index is 13.7. The molecular weight excluding hydrogens is 404 g/mol. The lowest BCUT2D eigenvalue weighted by Gasteiger charge is -2.34. The number of rotatable bonds is 2. The fourth-order valence-corrected chi connectivity index (χ4v) is 6.15. The van der Waals surface area contributed by atoms with Crippen molar-refractivity contribution in [2.45, 2.75) is 73.8 Å². The van der Waals surface area contributed by atoms with Crippen molar-refractivity contribution < 1.29 is 9.53 Å². The summed E-state index contributed by atoms with van der Waals surface area (Å²) in [6, 6.07) is 17.4. The smallest absolute Gasteiger partial charge is 0.184 e. The molecule has 0 spiro atoms. The molecule has 172 valence electrons. The van der Waals surface area contributed by atoms with Crippen LogP contribution in [0.3, 0.4) is 0 Å². The highest BCUT2D eigenvalue weighted by Crippen LogP contribution is 2.73. The largest absolute Gasteiger partial charge is 0.477 e. The Kier molecular flexibility index (Phi) is 4.52. The molecular formula is C31H36O2. The molecule has 2 nitrogen and oxygen atoms in total. The number of ketones is 1. The first-order valence-corrected chi connectivity index (χ1v) is 12.2. The van der Waals surface area contributed by atoms with E-state index in [0.717, 1.165) is 34.5 Å². The lowest BCUT2D eigenvalue weighted by molar-refractivity contribution is -0.118. The molecule has 2 heteroatoms. The van der Waals surface area contributed by atoms with Crippen LogP contribution in [0.1, 0.15) is 76.6 Å². The van der Waals surface area contributed by atoms with Gasteiger partial charge in [0, 0.05) is 29.5 Å². The summed E-state index contributed by atoms with van der Waals surface area (Å²) in [6.45, 7) is 17.8. The zero-order valence-electron chi connectivity index (χ0n) is 21.3. The van der Waals surface area contributed by atoms with Crippen molar-refractivity contribution in [1.29, 1.82) is 0 Å². The van der Waals surface area contributed by atoms with Crippen molar-refractivity contribution >= 4 is 5.78 Å². The van der Waals surface area contributed by atoms with E-state index in [0.29, 0.717) is 6.42 Å². The Bertz CT molecular complexity index is 1150. The minimum Gasteiger partial charge on any atom is -0.477 e. The van der Waals surface area contributed by atoms with E-state index in [9.17, 15) is 4.79 Å². The predicted octanol–water partition coefficient (Wildman–Crippen LogP) is 7.58. The van der Waals surface area contributed by atoms with Gasteiger partial charge in [0.15, 0.2) is 11.4 Å². The molecule has 0 saturated heterocycles. The number of hydrogen-bond donors (Lipinski definition) is 0. The Morgan fingerprint density at radius 1 is 0.697 bits per heavy atom. The number of aryl methyl sites for hydroxylation is 2. The monoisotopic (exact) mass is 440 g/mol. The molecule has 0 radical (unpaired) electrons. The van der Waals surface area contributed by atoms with Crippen molar-refractivity contribution in [3.8, 4) is 0 Å². The second kappa shape index (κ2) is 6.72. The van der Waals surface area contributed by atoms with Crippen molar-refractivity contribution in [2.75, 3.05) is 0 Å². The van der Waals surface area contributed by atoms with Crippen LogP contribution < -0.4 is 0 Å². The molecule has 2 aromatic carbocycles. The van der Waals surface area contributed by atoms with Crippen LogP contribution in [0.2, 0.25) is 0 Å². The number of carbonyl (C=O) groups excluding carboxylic acids is 1. The number of benzene rings is 2. The zero-order chi connectivity index (χ0) is 24.0. The fourth-order valence-electron chi connectivity index (χ4n) is 6.15. The predicted molar refractivity (Wildman–Crippen MR) is 134 cm³/mol. The summed E-state index contributed by atoms with van der Waals surface area (Å²) >= 11 is 0. The summed E-state index contributed by atoms with van der Waals surface area (Å²) in [5.74, 6) is 1.10. The van der Waals surface area contributed by atoms with Gasteiger partial charge in [-0.25, -0.2) is 0 Å². The van der Waals surface area contributed by atoms with Gasteiger partial charge in [-0.15, -0.1) is 0 Å². The summed E-state index contributed by atoms with van der Waals surface area (Å²) in [7, 11) is 0. The summed E-state index contributed by atoms with van der Waals surface area (Å²) in [5.41, 5.74) is 7.04. The van der Waals surface area contributed by atoms with E-state index in [1.807, 2.05) is 0 Å². The third-order valence-electron chi connectivity index (χ3n) is 8.63.